The fourth-order valence-electron chi connectivity index (χ4n) is 5.08. The van der Waals surface area contributed by atoms with Crippen molar-refractivity contribution in [2.75, 3.05) is 45.9 Å². The van der Waals surface area contributed by atoms with Crippen molar-refractivity contribution in [3.05, 3.63) is 12.7 Å². The third kappa shape index (κ3) is 11.5. The standard InChI is InChI=1S/C26H44N4O7S.C2H6/c1-5-21-18(2)24(19(3)37-21)26(34)30(17-32)10-11-35-12-13-36-16-29-23(33)9-7-6-8-22-25(27-4)20(14-38-22)28-15-31;1-2/h5,15,17-22,24-25,27H,1,6-14,16H2,2-4H3,(H,28,31)(H,29,33);1-2H3. The normalized spacial score (nSPS) is 27.3. The molecule has 0 radical (unpaired) electrons. The maximum atomic E-state index is 12.8. The average Bonchev–Trinajstić information content (AvgIpc) is 3.49. The van der Waals surface area contributed by atoms with Gasteiger partial charge in [-0.1, -0.05) is 33.3 Å². The maximum Gasteiger partial charge on any atom is 0.235 e. The van der Waals surface area contributed by atoms with Gasteiger partial charge in [0, 0.05) is 23.5 Å². The molecule has 2 saturated heterocycles. The molecule has 2 heterocycles. The molecule has 4 amide bonds. The van der Waals surface area contributed by atoms with Gasteiger partial charge in [0.1, 0.15) is 6.73 Å². The van der Waals surface area contributed by atoms with Crippen LogP contribution in [0.2, 0.25) is 0 Å². The van der Waals surface area contributed by atoms with E-state index in [1.807, 2.05) is 46.5 Å². The Labute approximate surface area is 243 Å². The lowest BCUT2D eigenvalue weighted by Gasteiger charge is -2.23. The quantitative estimate of drug-likeness (QED) is 0.0895. The number of nitrogens with zero attached hydrogens (tertiary/aromatic N) is 1. The number of unbranched alkanes of at least 4 members (excludes halogenated alkanes) is 1. The first-order valence-corrected chi connectivity index (χ1v) is 15.4. The van der Waals surface area contributed by atoms with E-state index in [0.29, 0.717) is 18.1 Å². The number of nitrogens with one attached hydrogen (secondary N) is 3. The number of ether oxygens (including phenoxy) is 3. The lowest BCUT2D eigenvalue weighted by molar-refractivity contribution is -0.144. The van der Waals surface area contributed by atoms with Crippen molar-refractivity contribution in [1.82, 2.24) is 20.9 Å². The molecule has 3 N–H and O–H groups in total. The molecule has 0 spiro atoms. The molecule has 2 fully saturated rings. The Morgan fingerprint density at radius 2 is 1.85 bits per heavy atom. The molecule has 11 nitrogen and oxygen atoms in total. The molecule has 2 aliphatic heterocycles. The lowest BCUT2D eigenvalue weighted by Crippen LogP contribution is -2.48. The predicted molar refractivity (Wildman–Crippen MR) is 157 cm³/mol. The third-order valence-corrected chi connectivity index (χ3v) is 8.70. The molecule has 230 valence electrons. The van der Waals surface area contributed by atoms with Crippen LogP contribution in [0.4, 0.5) is 0 Å². The molecule has 0 aromatic heterocycles. The molecule has 0 bridgehead atoms. The summed E-state index contributed by atoms with van der Waals surface area (Å²) in [4.78, 5) is 48.2. The second-order valence-electron chi connectivity index (χ2n) is 9.65. The molecule has 2 aliphatic rings. The van der Waals surface area contributed by atoms with E-state index < -0.39 is 5.92 Å². The second-order valence-corrected chi connectivity index (χ2v) is 10.9. The lowest BCUT2D eigenvalue weighted by atomic mass is 9.88. The molecule has 0 saturated carbocycles. The van der Waals surface area contributed by atoms with E-state index in [2.05, 4.69) is 22.5 Å². The molecule has 0 aromatic rings. The van der Waals surface area contributed by atoms with Crippen LogP contribution >= 0.6 is 11.8 Å². The van der Waals surface area contributed by atoms with E-state index in [1.54, 1.807) is 6.08 Å². The largest absolute Gasteiger partial charge is 0.377 e. The zero-order chi connectivity index (χ0) is 29.9. The van der Waals surface area contributed by atoms with Crippen LogP contribution in [0.5, 0.6) is 0 Å². The van der Waals surface area contributed by atoms with Crippen LogP contribution in [0, 0.1) is 11.8 Å². The summed E-state index contributed by atoms with van der Waals surface area (Å²) in [6.07, 6.45) is 5.64. The minimum atomic E-state index is -0.403. The number of amides is 4. The highest BCUT2D eigenvalue weighted by molar-refractivity contribution is 8.00. The molecule has 12 heteroatoms. The van der Waals surface area contributed by atoms with Crippen LogP contribution in [0.3, 0.4) is 0 Å². The van der Waals surface area contributed by atoms with Crippen LogP contribution in [0.1, 0.15) is 53.4 Å². The van der Waals surface area contributed by atoms with E-state index in [0.717, 1.165) is 36.3 Å². The summed E-state index contributed by atoms with van der Waals surface area (Å²) in [5.41, 5.74) is 0. The first kappa shape index (κ1) is 36.0. The van der Waals surface area contributed by atoms with Gasteiger partial charge in [0.15, 0.2) is 0 Å². The van der Waals surface area contributed by atoms with Gasteiger partial charge in [-0.3, -0.25) is 24.1 Å². The number of rotatable bonds is 19. The van der Waals surface area contributed by atoms with Crippen molar-refractivity contribution in [2.24, 2.45) is 11.8 Å². The Kier molecular flexibility index (Phi) is 18.8. The first-order valence-electron chi connectivity index (χ1n) is 14.3. The Balaban J connectivity index is 0.00000391. The van der Waals surface area contributed by atoms with Crippen molar-refractivity contribution in [3.63, 3.8) is 0 Å². The molecule has 7 unspecified atom stereocenters. The average molecular weight is 587 g/mol. The molecular weight excluding hydrogens is 536 g/mol. The highest BCUT2D eigenvalue weighted by atomic mass is 32.2. The number of imide groups is 1. The van der Waals surface area contributed by atoms with Gasteiger partial charge in [-0.15, -0.1) is 6.58 Å². The zero-order valence-electron chi connectivity index (χ0n) is 24.8. The van der Waals surface area contributed by atoms with Crippen LogP contribution < -0.4 is 16.0 Å². The summed E-state index contributed by atoms with van der Waals surface area (Å²) >= 11 is 1.86. The SMILES string of the molecule is C=CC1OC(C)C(C(=O)N(C=O)CCOCCOCNC(=O)CCCCC2SCC(NC=O)C2NC)C1C.CC. The first-order chi connectivity index (χ1) is 19.4. The van der Waals surface area contributed by atoms with Gasteiger partial charge in [0.05, 0.1) is 50.5 Å². The van der Waals surface area contributed by atoms with Crippen molar-refractivity contribution < 1.29 is 33.4 Å². The minimum absolute atomic E-state index is 0.0569. The van der Waals surface area contributed by atoms with Gasteiger partial charge >= 0.3 is 0 Å². The van der Waals surface area contributed by atoms with E-state index >= 15 is 0 Å². The number of hydrogen-bond donors (Lipinski definition) is 3. The molecule has 0 aliphatic carbocycles. The summed E-state index contributed by atoms with van der Waals surface area (Å²) < 4.78 is 16.6. The number of carbonyl (C=O) groups is 4. The molecule has 7 atom stereocenters. The molecule has 0 aromatic carbocycles. The highest BCUT2D eigenvalue weighted by Crippen LogP contribution is 2.34. The summed E-state index contributed by atoms with van der Waals surface area (Å²) in [5, 5.41) is 9.32. The minimum Gasteiger partial charge on any atom is -0.377 e. The Morgan fingerprint density at radius 1 is 1.12 bits per heavy atom. The van der Waals surface area contributed by atoms with Crippen LogP contribution in [-0.2, 0) is 33.4 Å². The number of likely N-dealkylation sites (N-methyl/N-ethyl adjacent to an activating group) is 1. The van der Waals surface area contributed by atoms with Gasteiger partial charge < -0.3 is 30.2 Å². The second kappa shape index (κ2) is 20.8. The smallest absolute Gasteiger partial charge is 0.235 e. The van der Waals surface area contributed by atoms with Gasteiger partial charge in [-0.2, -0.15) is 11.8 Å². The highest BCUT2D eigenvalue weighted by Gasteiger charge is 2.44. The predicted octanol–water partition coefficient (Wildman–Crippen LogP) is 1.71. The van der Waals surface area contributed by atoms with Crippen LogP contribution in [-0.4, -0.2) is 105 Å². The van der Waals surface area contributed by atoms with E-state index in [9.17, 15) is 19.2 Å². The maximum absolute atomic E-state index is 12.8. The summed E-state index contributed by atoms with van der Waals surface area (Å²) in [6, 6.07) is 0.393. The zero-order valence-corrected chi connectivity index (χ0v) is 25.6. The van der Waals surface area contributed by atoms with Crippen molar-refractivity contribution in [2.45, 2.75) is 82.9 Å². The Hall–Kier alpha value is -1.99. The molecular formula is C28H50N4O7S. The van der Waals surface area contributed by atoms with E-state index in [-0.39, 0.29) is 75.1 Å². The van der Waals surface area contributed by atoms with Crippen molar-refractivity contribution in [1.29, 1.82) is 0 Å². The van der Waals surface area contributed by atoms with Crippen LogP contribution in [0.15, 0.2) is 12.7 Å². The summed E-state index contributed by atoms with van der Waals surface area (Å²) in [7, 11) is 1.91. The Morgan fingerprint density at radius 3 is 2.48 bits per heavy atom. The summed E-state index contributed by atoms with van der Waals surface area (Å²) in [5.74, 6) is 0.108. The molecule has 40 heavy (non-hydrogen) atoms. The molecule has 2 rings (SSSR count). The van der Waals surface area contributed by atoms with E-state index in [1.165, 1.54) is 0 Å². The van der Waals surface area contributed by atoms with Gasteiger partial charge in [0.25, 0.3) is 0 Å². The van der Waals surface area contributed by atoms with Crippen molar-refractivity contribution >= 4 is 36.4 Å². The number of carbonyl (C=O) groups excluding carboxylic acids is 4. The number of hydrogen-bond acceptors (Lipinski definition) is 9. The monoisotopic (exact) mass is 586 g/mol. The van der Waals surface area contributed by atoms with Crippen molar-refractivity contribution in [3.8, 4) is 0 Å². The third-order valence-electron chi connectivity index (χ3n) is 7.19. The van der Waals surface area contributed by atoms with E-state index in [4.69, 9.17) is 14.2 Å². The Bertz CT molecular complexity index is 775. The summed E-state index contributed by atoms with van der Waals surface area (Å²) in [6.45, 7) is 12.5. The van der Waals surface area contributed by atoms with Crippen LogP contribution in [0.25, 0.3) is 0 Å². The van der Waals surface area contributed by atoms with Gasteiger partial charge in [0.2, 0.25) is 24.6 Å². The fraction of sp³-hybridized carbons (Fsp3) is 0.786. The topological polar surface area (TPSA) is 135 Å². The fourth-order valence-corrected chi connectivity index (χ4v) is 6.70. The van der Waals surface area contributed by atoms with Gasteiger partial charge in [-0.25, -0.2) is 0 Å². The van der Waals surface area contributed by atoms with Gasteiger partial charge in [-0.05, 0) is 32.7 Å². The number of thioether (sulfide) groups is 1.